The number of H-pyrrole nitrogens is 1. The molecule has 1 aromatic heterocycles. The quantitative estimate of drug-likeness (QED) is 0.492. The monoisotopic (exact) mass is 116 g/mol. The Balaban J connectivity index is 3.59. The molecule has 8 heavy (non-hydrogen) atoms. The van der Waals surface area contributed by atoms with Gasteiger partial charge >= 0.3 is 0 Å². The lowest BCUT2D eigenvalue weighted by atomic mass is 10.5. The van der Waals surface area contributed by atoms with E-state index in [0.29, 0.717) is 0 Å². The minimum Gasteiger partial charge on any atom is -0.299 e. The van der Waals surface area contributed by atoms with Crippen LogP contribution in [0.15, 0.2) is 22.9 Å². The summed E-state index contributed by atoms with van der Waals surface area (Å²) in [7, 11) is 0. The molecule has 2 nitrogen and oxygen atoms in total. The fourth-order valence-corrected chi connectivity index (χ4v) is 0.305. The standard InChI is InChI=1S/C5H4FNO/c6-4-2-1-3-5(8)7-4/h1-3H,(H,7,8)/i1D,2D,3D. The summed E-state index contributed by atoms with van der Waals surface area (Å²) >= 11 is 0. The molecule has 1 N–H and O–H groups in total. The van der Waals surface area contributed by atoms with Crippen molar-refractivity contribution < 1.29 is 8.50 Å². The van der Waals surface area contributed by atoms with Crippen molar-refractivity contribution in [3.63, 3.8) is 0 Å². The predicted octanol–water partition coefficient (Wildman–Crippen LogP) is 0.514. The minimum absolute atomic E-state index is 0.684. The molecule has 3 heteroatoms. The Hall–Kier alpha value is -1.12. The van der Waals surface area contributed by atoms with Gasteiger partial charge in [0, 0.05) is 6.04 Å². The Bertz CT molecular complexity index is 348. The minimum atomic E-state index is -1.17. The molecule has 0 atom stereocenters. The van der Waals surface area contributed by atoms with Crippen molar-refractivity contribution in [1.82, 2.24) is 4.98 Å². The van der Waals surface area contributed by atoms with Crippen LogP contribution in [-0.4, -0.2) is 4.98 Å². The largest absolute Gasteiger partial charge is 0.299 e. The van der Waals surface area contributed by atoms with E-state index >= 15 is 0 Å². The highest BCUT2D eigenvalue weighted by Crippen LogP contribution is 1.81. The molecule has 42 valence electrons. The molecule has 0 radical (unpaired) electrons. The van der Waals surface area contributed by atoms with E-state index in [-0.39, 0.29) is 0 Å². The van der Waals surface area contributed by atoms with Crippen molar-refractivity contribution >= 4 is 0 Å². The highest BCUT2D eigenvalue weighted by molar-refractivity contribution is 4.91. The molecule has 1 heterocycles. The number of halogens is 1. The van der Waals surface area contributed by atoms with Crippen molar-refractivity contribution in [2.45, 2.75) is 0 Å². The van der Waals surface area contributed by atoms with E-state index in [0.717, 1.165) is 0 Å². The number of aromatic nitrogens is 1. The lowest BCUT2D eigenvalue weighted by Gasteiger charge is -1.80. The van der Waals surface area contributed by atoms with Crippen LogP contribution in [0.4, 0.5) is 4.39 Å². The topological polar surface area (TPSA) is 32.9 Å². The van der Waals surface area contributed by atoms with Gasteiger partial charge in [0.15, 0.2) is 5.95 Å². The average molecular weight is 116 g/mol. The van der Waals surface area contributed by atoms with E-state index in [1.165, 1.54) is 0 Å². The summed E-state index contributed by atoms with van der Waals surface area (Å²) in [6, 6.07) is -2.13. The van der Waals surface area contributed by atoms with Gasteiger partial charge in [-0.1, -0.05) is 6.04 Å². The molecule has 0 bridgehead atoms. The first-order valence-corrected chi connectivity index (χ1v) is 1.89. The highest BCUT2D eigenvalue weighted by Gasteiger charge is 1.83. The first-order valence-electron chi connectivity index (χ1n) is 3.39. The molecule has 0 amide bonds. The summed E-state index contributed by atoms with van der Waals surface area (Å²) in [4.78, 5) is 12.2. The molecular weight excluding hydrogens is 109 g/mol. The average Bonchev–Trinajstić information content (AvgIpc) is 1.97. The van der Waals surface area contributed by atoms with Crippen LogP contribution in [0.2, 0.25) is 0 Å². The molecule has 0 aliphatic heterocycles. The maximum Gasteiger partial charge on any atom is 0.250 e. The molecule has 1 aromatic rings. The molecule has 0 spiro atoms. The Morgan fingerprint density at radius 2 is 2.50 bits per heavy atom. The van der Waals surface area contributed by atoms with Gasteiger partial charge in [-0.05, 0) is 6.04 Å². The van der Waals surface area contributed by atoms with Crippen LogP contribution in [0.25, 0.3) is 0 Å². The van der Waals surface area contributed by atoms with Crippen LogP contribution in [-0.2, 0) is 0 Å². The zero-order valence-corrected chi connectivity index (χ0v) is 3.79. The van der Waals surface area contributed by atoms with Crippen LogP contribution in [0, 0.1) is 5.95 Å². The number of nitrogens with one attached hydrogen (secondary N) is 1. The van der Waals surface area contributed by atoms with Crippen molar-refractivity contribution in [3.05, 3.63) is 34.4 Å². The van der Waals surface area contributed by atoms with Gasteiger partial charge < -0.3 is 0 Å². The van der Waals surface area contributed by atoms with Crippen LogP contribution >= 0.6 is 0 Å². The summed E-state index contributed by atoms with van der Waals surface area (Å²) in [6.07, 6.45) is 0. The molecule has 0 saturated heterocycles. The smallest absolute Gasteiger partial charge is 0.250 e. The van der Waals surface area contributed by atoms with Crippen molar-refractivity contribution in [1.29, 1.82) is 0 Å². The number of hydrogen-bond acceptors (Lipinski definition) is 1. The van der Waals surface area contributed by atoms with E-state index in [1.807, 2.05) is 0 Å². The number of rotatable bonds is 0. The molecule has 1 rings (SSSR count). The molecular formula is C5H4FNO. The van der Waals surface area contributed by atoms with Gasteiger partial charge in [0.1, 0.15) is 0 Å². The summed E-state index contributed by atoms with van der Waals surface area (Å²) in [5, 5.41) is 0. The third kappa shape index (κ3) is 0.932. The number of aromatic amines is 1. The molecule has 0 fully saturated rings. The van der Waals surface area contributed by atoms with Gasteiger partial charge in [-0.15, -0.1) is 0 Å². The zero-order chi connectivity index (χ0) is 8.59. The van der Waals surface area contributed by atoms with Gasteiger partial charge in [-0.3, -0.25) is 9.78 Å². The third-order valence-corrected chi connectivity index (χ3v) is 0.572. The first kappa shape index (κ1) is 2.44. The summed E-state index contributed by atoms with van der Waals surface area (Å²) in [6.45, 7) is 0. The second-order valence-electron chi connectivity index (χ2n) is 1.14. The molecule has 0 aliphatic carbocycles. The Kier molecular flexibility index (Phi) is 0.541. The maximum atomic E-state index is 12.4. The second-order valence-corrected chi connectivity index (χ2v) is 1.14. The van der Waals surface area contributed by atoms with Crippen LogP contribution < -0.4 is 5.56 Å². The van der Waals surface area contributed by atoms with Gasteiger partial charge in [0.2, 0.25) is 5.56 Å². The molecule has 0 unspecified atom stereocenters. The predicted molar refractivity (Wildman–Crippen MR) is 27.0 cm³/mol. The SMILES string of the molecule is [2H]c1c(F)[nH]c(=O)c([2H])c1[2H]. The van der Waals surface area contributed by atoms with E-state index in [2.05, 4.69) is 0 Å². The van der Waals surface area contributed by atoms with Crippen molar-refractivity contribution in [2.24, 2.45) is 0 Å². The zero-order valence-electron chi connectivity index (χ0n) is 6.79. The number of hydrogen-bond donors (Lipinski definition) is 1. The maximum absolute atomic E-state index is 12.4. The number of pyridine rings is 1. The normalized spacial score (nSPS) is 14.4. The Morgan fingerprint density at radius 1 is 1.75 bits per heavy atom. The fourth-order valence-electron chi connectivity index (χ4n) is 0.305. The Morgan fingerprint density at radius 3 is 3.25 bits per heavy atom. The lowest BCUT2D eigenvalue weighted by molar-refractivity contribution is 0.579. The molecule has 0 saturated carbocycles. The van der Waals surface area contributed by atoms with Gasteiger partial charge in [0.05, 0.1) is 4.11 Å². The van der Waals surface area contributed by atoms with Gasteiger partial charge in [-0.25, -0.2) is 0 Å². The van der Waals surface area contributed by atoms with Crippen molar-refractivity contribution in [2.75, 3.05) is 0 Å². The van der Waals surface area contributed by atoms with E-state index < -0.39 is 29.6 Å². The highest BCUT2D eigenvalue weighted by atomic mass is 19.1. The van der Waals surface area contributed by atoms with Crippen LogP contribution in [0.5, 0.6) is 0 Å². The summed E-state index contributed by atoms with van der Waals surface area (Å²) in [5.41, 5.74) is -0.983. The van der Waals surface area contributed by atoms with E-state index in [9.17, 15) is 9.18 Å². The molecule has 0 aromatic carbocycles. The summed E-state index contributed by atoms with van der Waals surface area (Å²) in [5.74, 6) is -1.17. The fraction of sp³-hybridized carbons (Fsp3) is 0. The molecule has 0 aliphatic rings. The summed E-state index contributed by atoms with van der Waals surface area (Å²) < 4.78 is 33.0. The second kappa shape index (κ2) is 1.78. The van der Waals surface area contributed by atoms with Gasteiger partial charge in [0.25, 0.3) is 0 Å². The van der Waals surface area contributed by atoms with Crippen LogP contribution in [0.1, 0.15) is 4.11 Å². The third-order valence-electron chi connectivity index (χ3n) is 0.572. The Labute approximate surface area is 49.2 Å². The van der Waals surface area contributed by atoms with Gasteiger partial charge in [-0.2, -0.15) is 4.39 Å². The first-order chi connectivity index (χ1) is 5.04. The lowest BCUT2D eigenvalue weighted by Crippen LogP contribution is -2.03. The van der Waals surface area contributed by atoms with Crippen molar-refractivity contribution in [3.8, 4) is 0 Å². The van der Waals surface area contributed by atoms with Crippen LogP contribution in [0.3, 0.4) is 0 Å². The van der Waals surface area contributed by atoms with E-state index in [1.54, 1.807) is 4.98 Å². The van der Waals surface area contributed by atoms with E-state index in [4.69, 9.17) is 4.11 Å².